The third-order valence-corrected chi connectivity index (χ3v) is 6.41. The van der Waals surface area contributed by atoms with Crippen LogP contribution >= 0.6 is 15.9 Å². The van der Waals surface area contributed by atoms with Crippen LogP contribution in [0.4, 0.5) is 0 Å². The van der Waals surface area contributed by atoms with Gasteiger partial charge in [0.25, 0.3) is 11.5 Å². The minimum absolute atomic E-state index is 0.0473. The van der Waals surface area contributed by atoms with Gasteiger partial charge in [-0.3, -0.25) is 9.59 Å². The van der Waals surface area contributed by atoms with Crippen LogP contribution in [0.3, 0.4) is 0 Å². The second-order valence-corrected chi connectivity index (χ2v) is 9.10. The highest BCUT2D eigenvalue weighted by atomic mass is 79.9. The lowest BCUT2D eigenvalue weighted by atomic mass is 9.97. The molecule has 0 unspecified atom stereocenters. The van der Waals surface area contributed by atoms with Crippen LogP contribution in [0.25, 0.3) is 17.2 Å². The summed E-state index contributed by atoms with van der Waals surface area (Å²) in [6.07, 6.45) is 3.24. The predicted octanol–water partition coefficient (Wildman–Crippen LogP) is 4.41. The number of methoxy groups -OCH3 is 2. The second kappa shape index (κ2) is 11.2. The van der Waals surface area contributed by atoms with Gasteiger partial charge >= 0.3 is 0 Å². The Morgan fingerprint density at radius 1 is 1.19 bits per heavy atom. The number of hydrogen-bond acceptors (Lipinski definition) is 6. The van der Waals surface area contributed by atoms with Crippen LogP contribution < -0.4 is 15.0 Å². The number of ether oxygens (including phenoxy) is 2. The number of hydrogen-bond donors (Lipinski definition) is 0. The molecule has 3 rings (SSSR count). The van der Waals surface area contributed by atoms with Crippen LogP contribution in [-0.2, 0) is 18.4 Å². The van der Waals surface area contributed by atoms with Gasteiger partial charge in [-0.1, -0.05) is 6.07 Å². The standard InChI is InChI=1S/C27H27BrN4O4/c1-16-17(2)26(33)31(3)14-21(16)18-11-23(35-5)22(24(12-18)36-6)15-32(4)27(34)19(13-29)10-20-8-7-9-25(28)30-20/h7-12,14H,15H2,1-6H3/b19-10+. The molecule has 3 aromatic rings. The maximum absolute atomic E-state index is 13.1. The van der Waals surface area contributed by atoms with Crippen LogP contribution in [0.15, 0.2) is 51.5 Å². The molecule has 0 N–H and O–H groups in total. The summed E-state index contributed by atoms with van der Waals surface area (Å²) in [5.41, 5.74) is 4.27. The van der Waals surface area contributed by atoms with E-state index in [2.05, 4.69) is 20.9 Å². The van der Waals surface area contributed by atoms with E-state index in [0.717, 1.165) is 16.7 Å². The Labute approximate surface area is 218 Å². The summed E-state index contributed by atoms with van der Waals surface area (Å²) in [5.74, 6) is 0.578. The molecule has 0 atom stereocenters. The summed E-state index contributed by atoms with van der Waals surface area (Å²) in [7, 11) is 6.41. The van der Waals surface area contributed by atoms with Crippen molar-refractivity contribution in [3.8, 4) is 28.7 Å². The van der Waals surface area contributed by atoms with Gasteiger partial charge in [0.2, 0.25) is 0 Å². The van der Waals surface area contributed by atoms with Crippen LogP contribution in [0, 0.1) is 25.2 Å². The number of nitriles is 1. The number of likely N-dealkylation sites (N-methyl/N-ethyl adjacent to an activating group) is 1. The molecule has 8 nitrogen and oxygen atoms in total. The number of carbonyl (C=O) groups is 1. The number of aromatic nitrogens is 2. The molecule has 36 heavy (non-hydrogen) atoms. The molecule has 186 valence electrons. The Balaban J connectivity index is 2.00. The Bertz CT molecular complexity index is 1430. The van der Waals surface area contributed by atoms with Gasteiger partial charge in [0.05, 0.1) is 32.0 Å². The van der Waals surface area contributed by atoms with Crippen LogP contribution in [0.2, 0.25) is 0 Å². The number of halogens is 1. The molecule has 0 bridgehead atoms. The fraction of sp³-hybridized carbons (Fsp3) is 0.259. The van der Waals surface area contributed by atoms with Gasteiger partial charge in [0.15, 0.2) is 0 Å². The van der Waals surface area contributed by atoms with E-state index in [-0.39, 0.29) is 17.7 Å². The molecule has 0 saturated heterocycles. The fourth-order valence-corrected chi connectivity index (χ4v) is 4.23. The van der Waals surface area contributed by atoms with Crippen molar-refractivity contribution < 1.29 is 14.3 Å². The quantitative estimate of drug-likeness (QED) is 0.245. The molecule has 2 heterocycles. The van der Waals surface area contributed by atoms with Crippen LogP contribution in [0.1, 0.15) is 22.4 Å². The molecule has 0 saturated carbocycles. The minimum Gasteiger partial charge on any atom is -0.496 e. The first-order valence-electron chi connectivity index (χ1n) is 11.0. The van der Waals surface area contributed by atoms with Gasteiger partial charge in [0.1, 0.15) is 27.7 Å². The summed E-state index contributed by atoms with van der Waals surface area (Å²) in [5, 5.41) is 9.62. The fourth-order valence-electron chi connectivity index (χ4n) is 3.87. The van der Waals surface area contributed by atoms with Gasteiger partial charge < -0.3 is 18.9 Å². The Morgan fingerprint density at radius 2 is 1.83 bits per heavy atom. The van der Waals surface area contributed by atoms with Crippen molar-refractivity contribution in [2.24, 2.45) is 7.05 Å². The molecule has 0 aliphatic heterocycles. The minimum atomic E-state index is -0.461. The summed E-state index contributed by atoms with van der Waals surface area (Å²) in [4.78, 5) is 31.1. The van der Waals surface area contributed by atoms with E-state index in [1.54, 1.807) is 64.2 Å². The summed E-state index contributed by atoms with van der Waals surface area (Å²) in [6.45, 7) is 3.84. The lowest BCUT2D eigenvalue weighted by Gasteiger charge is -2.22. The number of carbonyl (C=O) groups excluding carboxylic acids is 1. The van der Waals surface area contributed by atoms with Crippen molar-refractivity contribution in [3.05, 3.63) is 79.4 Å². The topological polar surface area (TPSA) is 97.5 Å². The van der Waals surface area contributed by atoms with E-state index in [9.17, 15) is 14.9 Å². The first-order valence-corrected chi connectivity index (χ1v) is 11.8. The Morgan fingerprint density at radius 3 is 2.39 bits per heavy atom. The van der Waals surface area contributed by atoms with Crippen molar-refractivity contribution in [2.75, 3.05) is 21.3 Å². The van der Waals surface area contributed by atoms with E-state index >= 15 is 0 Å². The highest BCUT2D eigenvalue weighted by molar-refractivity contribution is 9.10. The third-order valence-electron chi connectivity index (χ3n) is 5.97. The molecule has 0 radical (unpaired) electrons. The van der Waals surface area contributed by atoms with Crippen molar-refractivity contribution in [1.82, 2.24) is 14.5 Å². The number of pyridine rings is 2. The van der Waals surface area contributed by atoms with E-state index in [1.807, 2.05) is 25.1 Å². The number of benzene rings is 1. The van der Waals surface area contributed by atoms with Crippen molar-refractivity contribution >= 4 is 27.9 Å². The maximum atomic E-state index is 13.1. The first-order chi connectivity index (χ1) is 17.1. The Hall–Kier alpha value is -3.90. The van der Waals surface area contributed by atoms with Gasteiger partial charge in [-0.15, -0.1) is 0 Å². The molecule has 0 aliphatic rings. The Kier molecular flexibility index (Phi) is 8.33. The third kappa shape index (κ3) is 5.50. The average Bonchev–Trinajstić information content (AvgIpc) is 2.87. The number of amides is 1. The lowest BCUT2D eigenvalue weighted by Crippen LogP contribution is -2.27. The summed E-state index contributed by atoms with van der Waals surface area (Å²) >= 11 is 3.29. The van der Waals surface area contributed by atoms with E-state index in [1.165, 1.54) is 11.0 Å². The normalized spacial score (nSPS) is 11.1. The number of nitrogens with zero attached hydrogens (tertiary/aromatic N) is 4. The monoisotopic (exact) mass is 550 g/mol. The van der Waals surface area contributed by atoms with E-state index < -0.39 is 5.91 Å². The molecular weight excluding hydrogens is 524 g/mol. The summed E-state index contributed by atoms with van der Waals surface area (Å²) in [6, 6.07) is 10.9. The van der Waals surface area contributed by atoms with Crippen molar-refractivity contribution in [2.45, 2.75) is 20.4 Å². The predicted molar refractivity (Wildman–Crippen MR) is 142 cm³/mol. The largest absolute Gasteiger partial charge is 0.496 e. The molecule has 1 amide bonds. The molecule has 9 heteroatoms. The molecule has 0 spiro atoms. The van der Waals surface area contributed by atoms with Gasteiger partial charge in [-0.25, -0.2) is 4.98 Å². The van der Waals surface area contributed by atoms with E-state index in [0.29, 0.717) is 32.9 Å². The molecule has 0 fully saturated rings. The molecule has 0 aliphatic carbocycles. The van der Waals surface area contributed by atoms with Crippen molar-refractivity contribution in [3.63, 3.8) is 0 Å². The van der Waals surface area contributed by atoms with Crippen molar-refractivity contribution in [1.29, 1.82) is 5.26 Å². The molecule has 1 aromatic carbocycles. The van der Waals surface area contributed by atoms with Gasteiger partial charge in [-0.05, 0) is 71.2 Å². The van der Waals surface area contributed by atoms with Crippen LogP contribution in [0.5, 0.6) is 11.5 Å². The zero-order valence-corrected chi connectivity index (χ0v) is 22.6. The average molecular weight is 551 g/mol. The highest BCUT2D eigenvalue weighted by Crippen LogP contribution is 2.37. The van der Waals surface area contributed by atoms with Gasteiger partial charge in [0, 0.05) is 31.4 Å². The smallest absolute Gasteiger partial charge is 0.264 e. The first kappa shape index (κ1) is 26.7. The molecule has 2 aromatic heterocycles. The van der Waals surface area contributed by atoms with Crippen LogP contribution in [-0.4, -0.2) is 41.6 Å². The second-order valence-electron chi connectivity index (χ2n) is 8.28. The number of aryl methyl sites for hydroxylation is 1. The molecular formula is C27H27BrN4O4. The summed E-state index contributed by atoms with van der Waals surface area (Å²) < 4.78 is 13.5. The SMILES string of the molecule is COc1cc(-c2cn(C)c(=O)c(C)c2C)cc(OC)c1CN(C)C(=O)/C(C#N)=C/c1cccc(Br)n1. The number of rotatable bonds is 7. The highest BCUT2D eigenvalue weighted by Gasteiger charge is 2.21. The lowest BCUT2D eigenvalue weighted by molar-refractivity contribution is -0.125. The van der Waals surface area contributed by atoms with E-state index in [4.69, 9.17) is 9.47 Å². The van der Waals surface area contributed by atoms with Gasteiger partial charge in [-0.2, -0.15) is 5.26 Å². The maximum Gasteiger partial charge on any atom is 0.264 e. The zero-order valence-electron chi connectivity index (χ0n) is 21.0. The zero-order chi connectivity index (χ0) is 26.6.